The predicted molar refractivity (Wildman–Crippen MR) is 88.0 cm³/mol. The molecular weight excluding hydrogens is 278 g/mol. The third-order valence-electron chi connectivity index (χ3n) is 3.39. The van der Waals surface area contributed by atoms with E-state index in [9.17, 15) is 9.59 Å². The van der Waals surface area contributed by atoms with Crippen molar-refractivity contribution in [3.05, 3.63) is 29.6 Å². The van der Waals surface area contributed by atoms with E-state index in [1.807, 2.05) is 0 Å². The van der Waals surface area contributed by atoms with E-state index >= 15 is 0 Å². The summed E-state index contributed by atoms with van der Waals surface area (Å²) < 4.78 is 0. The summed E-state index contributed by atoms with van der Waals surface area (Å²) in [4.78, 5) is 28.0. The highest BCUT2D eigenvalue weighted by atomic mass is 16.2. The molecule has 1 aromatic heterocycles. The van der Waals surface area contributed by atoms with Gasteiger partial charge in [-0.15, -0.1) is 0 Å². The molecule has 0 spiro atoms. The first-order valence-electron chi connectivity index (χ1n) is 8.20. The SMILES string of the molecule is CCCCCNC(=O)c1cncc(C(=O)NCCCCC)c1. The molecule has 0 aliphatic carbocycles. The van der Waals surface area contributed by atoms with Crippen LogP contribution < -0.4 is 10.6 Å². The van der Waals surface area contributed by atoms with Crippen molar-refractivity contribution in [2.75, 3.05) is 13.1 Å². The van der Waals surface area contributed by atoms with Crippen LogP contribution in [0.15, 0.2) is 18.5 Å². The van der Waals surface area contributed by atoms with Crippen molar-refractivity contribution in [3.63, 3.8) is 0 Å². The number of carbonyl (C=O) groups excluding carboxylic acids is 2. The van der Waals surface area contributed by atoms with Gasteiger partial charge in [-0.05, 0) is 18.9 Å². The lowest BCUT2D eigenvalue weighted by atomic mass is 10.1. The highest BCUT2D eigenvalue weighted by Crippen LogP contribution is 2.04. The van der Waals surface area contributed by atoms with Crippen LogP contribution in [-0.2, 0) is 0 Å². The monoisotopic (exact) mass is 305 g/mol. The first kappa shape index (κ1) is 18.1. The highest BCUT2D eigenvalue weighted by molar-refractivity contribution is 5.99. The van der Waals surface area contributed by atoms with E-state index in [0.717, 1.165) is 38.5 Å². The van der Waals surface area contributed by atoms with Gasteiger partial charge in [-0.1, -0.05) is 39.5 Å². The predicted octanol–water partition coefficient (Wildman–Crippen LogP) is 2.92. The van der Waals surface area contributed by atoms with E-state index in [1.165, 1.54) is 12.4 Å². The summed E-state index contributed by atoms with van der Waals surface area (Å²) >= 11 is 0. The minimum Gasteiger partial charge on any atom is -0.352 e. The number of nitrogens with one attached hydrogen (secondary N) is 2. The van der Waals surface area contributed by atoms with E-state index in [0.29, 0.717) is 24.2 Å². The standard InChI is InChI=1S/C17H27N3O2/c1-3-5-7-9-19-16(21)14-11-15(13-18-12-14)17(22)20-10-8-6-4-2/h11-13H,3-10H2,1-2H3,(H,19,21)(H,20,22). The lowest BCUT2D eigenvalue weighted by Crippen LogP contribution is -2.27. The third-order valence-corrected chi connectivity index (χ3v) is 3.39. The Morgan fingerprint density at radius 3 is 1.73 bits per heavy atom. The minimum absolute atomic E-state index is 0.177. The van der Waals surface area contributed by atoms with Crippen LogP contribution in [-0.4, -0.2) is 29.9 Å². The van der Waals surface area contributed by atoms with E-state index < -0.39 is 0 Å². The van der Waals surface area contributed by atoms with Crippen LogP contribution >= 0.6 is 0 Å². The van der Waals surface area contributed by atoms with Gasteiger partial charge in [-0.2, -0.15) is 0 Å². The fraction of sp³-hybridized carbons (Fsp3) is 0.588. The van der Waals surface area contributed by atoms with Crippen molar-refractivity contribution < 1.29 is 9.59 Å². The fourth-order valence-electron chi connectivity index (χ4n) is 2.05. The normalized spacial score (nSPS) is 10.3. The van der Waals surface area contributed by atoms with Crippen LogP contribution in [0.4, 0.5) is 0 Å². The van der Waals surface area contributed by atoms with Crippen LogP contribution in [0.3, 0.4) is 0 Å². The molecule has 0 aromatic carbocycles. The molecule has 1 heterocycles. The first-order valence-corrected chi connectivity index (χ1v) is 8.20. The Hall–Kier alpha value is -1.91. The Labute approximate surface area is 132 Å². The highest BCUT2D eigenvalue weighted by Gasteiger charge is 2.10. The Morgan fingerprint density at radius 2 is 1.32 bits per heavy atom. The second-order valence-electron chi connectivity index (χ2n) is 5.39. The molecule has 0 bridgehead atoms. The smallest absolute Gasteiger partial charge is 0.252 e. The van der Waals surface area contributed by atoms with E-state index in [2.05, 4.69) is 29.5 Å². The number of rotatable bonds is 10. The molecule has 0 unspecified atom stereocenters. The van der Waals surface area contributed by atoms with Gasteiger partial charge < -0.3 is 10.6 Å². The molecule has 22 heavy (non-hydrogen) atoms. The number of hydrogen-bond donors (Lipinski definition) is 2. The third kappa shape index (κ3) is 6.70. The number of carbonyl (C=O) groups is 2. The Bertz CT molecular complexity index is 435. The van der Waals surface area contributed by atoms with Crippen LogP contribution in [0, 0.1) is 0 Å². The summed E-state index contributed by atoms with van der Waals surface area (Å²) in [7, 11) is 0. The number of amides is 2. The molecule has 5 heteroatoms. The first-order chi connectivity index (χ1) is 10.7. The lowest BCUT2D eigenvalue weighted by Gasteiger charge is -2.07. The van der Waals surface area contributed by atoms with Crippen molar-refractivity contribution in [1.29, 1.82) is 0 Å². The van der Waals surface area contributed by atoms with Crippen LogP contribution in [0.25, 0.3) is 0 Å². The molecule has 2 amide bonds. The molecule has 0 atom stereocenters. The molecule has 0 aliphatic heterocycles. The summed E-state index contributed by atoms with van der Waals surface area (Å²) in [6, 6.07) is 1.59. The van der Waals surface area contributed by atoms with Gasteiger partial charge >= 0.3 is 0 Å². The molecule has 0 radical (unpaired) electrons. The van der Waals surface area contributed by atoms with Gasteiger partial charge in [0.2, 0.25) is 0 Å². The minimum atomic E-state index is -0.177. The van der Waals surface area contributed by atoms with Gasteiger partial charge in [-0.3, -0.25) is 14.6 Å². The molecule has 1 aromatic rings. The lowest BCUT2D eigenvalue weighted by molar-refractivity contribution is 0.0952. The number of hydrogen-bond acceptors (Lipinski definition) is 3. The number of pyridine rings is 1. The molecule has 5 nitrogen and oxygen atoms in total. The molecular formula is C17H27N3O2. The Kier molecular flexibility index (Phi) is 8.88. The van der Waals surface area contributed by atoms with E-state index in [1.54, 1.807) is 6.07 Å². The van der Waals surface area contributed by atoms with Gasteiger partial charge in [0.15, 0.2) is 0 Å². The summed E-state index contributed by atoms with van der Waals surface area (Å²) in [6.45, 7) is 5.54. The molecule has 0 fully saturated rings. The fourth-order valence-corrected chi connectivity index (χ4v) is 2.05. The zero-order valence-corrected chi connectivity index (χ0v) is 13.7. The molecule has 0 saturated heterocycles. The van der Waals surface area contributed by atoms with E-state index in [-0.39, 0.29) is 11.8 Å². The molecule has 1 rings (SSSR count). The topological polar surface area (TPSA) is 71.1 Å². The maximum absolute atomic E-state index is 12.0. The zero-order chi connectivity index (χ0) is 16.2. The maximum atomic E-state index is 12.0. The van der Waals surface area contributed by atoms with Crippen molar-refractivity contribution in [2.45, 2.75) is 52.4 Å². The van der Waals surface area contributed by atoms with Gasteiger partial charge in [0.1, 0.15) is 0 Å². The second kappa shape index (κ2) is 10.8. The molecule has 0 aliphatic rings. The molecule has 0 saturated carbocycles. The zero-order valence-electron chi connectivity index (χ0n) is 13.7. The second-order valence-corrected chi connectivity index (χ2v) is 5.39. The average Bonchev–Trinajstić information content (AvgIpc) is 2.55. The van der Waals surface area contributed by atoms with E-state index in [4.69, 9.17) is 0 Å². The summed E-state index contributed by atoms with van der Waals surface area (Å²) in [5, 5.41) is 5.70. The van der Waals surface area contributed by atoms with Gasteiger partial charge in [0.05, 0.1) is 11.1 Å². The molecule has 2 N–H and O–H groups in total. The number of unbranched alkanes of at least 4 members (excludes halogenated alkanes) is 4. The van der Waals surface area contributed by atoms with Crippen LogP contribution in [0.5, 0.6) is 0 Å². The number of nitrogens with zero attached hydrogens (tertiary/aromatic N) is 1. The summed E-state index contributed by atoms with van der Waals surface area (Å²) in [6.07, 6.45) is 9.33. The quantitative estimate of drug-likeness (QED) is 0.653. The Balaban J connectivity index is 2.50. The van der Waals surface area contributed by atoms with Crippen molar-refractivity contribution in [2.24, 2.45) is 0 Å². The van der Waals surface area contributed by atoms with Crippen LogP contribution in [0.2, 0.25) is 0 Å². The average molecular weight is 305 g/mol. The largest absolute Gasteiger partial charge is 0.352 e. The Morgan fingerprint density at radius 1 is 0.864 bits per heavy atom. The van der Waals surface area contributed by atoms with Crippen molar-refractivity contribution in [1.82, 2.24) is 15.6 Å². The molecule has 122 valence electrons. The van der Waals surface area contributed by atoms with Gasteiger partial charge in [0, 0.05) is 25.5 Å². The van der Waals surface area contributed by atoms with Crippen LogP contribution in [0.1, 0.15) is 73.1 Å². The van der Waals surface area contributed by atoms with Gasteiger partial charge in [-0.25, -0.2) is 0 Å². The maximum Gasteiger partial charge on any atom is 0.252 e. The van der Waals surface area contributed by atoms with Gasteiger partial charge in [0.25, 0.3) is 11.8 Å². The number of aromatic nitrogens is 1. The summed E-state index contributed by atoms with van der Waals surface area (Å²) in [5.41, 5.74) is 0.857. The van der Waals surface area contributed by atoms with Crippen molar-refractivity contribution in [3.8, 4) is 0 Å². The summed E-state index contributed by atoms with van der Waals surface area (Å²) in [5.74, 6) is -0.353. The van der Waals surface area contributed by atoms with Crippen molar-refractivity contribution >= 4 is 11.8 Å².